The second-order valence-corrected chi connectivity index (χ2v) is 4.32. The molecule has 0 heterocycles. The summed E-state index contributed by atoms with van der Waals surface area (Å²) < 4.78 is 35.5. The van der Waals surface area contributed by atoms with Gasteiger partial charge in [0, 0.05) is 6.54 Å². The molecule has 0 atom stereocenters. The molecule has 0 aromatic heterocycles. The molecule has 0 radical (unpaired) electrons. The van der Waals surface area contributed by atoms with Gasteiger partial charge >= 0.3 is 12.1 Å². The minimum atomic E-state index is -4.34. The average molecular weight is 304 g/mol. The van der Waals surface area contributed by atoms with Crippen molar-refractivity contribution < 1.29 is 27.9 Å². The van der Waals surface area contributed by atoms with E-state index in [2.05, 4.69) is 5.32 Å². The predicted molar refractivity (Wildman–Crippen MR) is 69.0 cm³/mol. The fourth-order valence-electron chi connectivity index (χ4n) is 1.54. The second-order valence-electron chi connectivity index (χ2n) is 4.32. The minimum Gasteiger partial charge on any atom is -0.478 e. The molecule has 1 rings (SSSR count). The maximum absolute atomic E-state index is 11.8. The number of hydrogen-bond acceptors (Lipinski definition) is 3. The predicted octanol–water partition coefficient (Wildman–Crippen LogP) is 1.20. The molecule has 0 saturated heterocycles. The van der Waals surface area contributed by atoms with Gasteiger partial charge in [-0.15, -0.1) is 0 Å². The Bertz CT molecular complexity index is 486. The third kappa shape index (κ3) is 7.31. The summed E-state index contributed by atoms with van der Waals surface area (Å²) in [5.41, 5.74) is 0.989. The van der Waals surface area contributed by atoms with E-state index in [1.165, 1.54) is 12.1 Å². The Morgan fingerprint density at radius 1 is 1.14 bits per heavy atom. The number of benzene rings is 1. The average Bonchev–Trinajstić information content (AvgIpc) is 2.37. The van der Waals surface area contributed by atoms with Gasteiger partial charge in [-0.25, -0.2) is 4.79 Å². The highest BCUT2D eigenvalue weighted by Crippen LogP contribution is 2.11. The molecule has 0 fully saturated rings. The van der Waals surface area contributed by atoms with Crippen LogP contribution >= 0.6 is 0 Å². The maximum atomic E-state index is 11.8. The normalized spacial score (nSPS) is 11.2. The highest BCUT2D eigenvalue weighted by atomic mass is 19.4. The standard InChI is InChI=1S/C13H15F3N2O3/c14-13(15,16)8-17-7-11(19)18-6-5-9-1-3-10(4-2-9)12(20)21/h1-4,17H,5-8H2,(H,18,19)(H,20,21). The molecule has 3 N–H and O–H groups in total. The summed E-state index contributed by atoms with van der Waals surface area (Å²) in [6.07, 6.45) is -3.88. The SMILES string of the molecule is O=C(CNCC(F)(F)F)NCCc1ccc(C(=O)O)cc1. The molecule has 0 aliphatic carbocycles. The van der Waals surface area contributed by atoms with E-state index in [0.717, 1.165) is 5.56 Å². The van der Waals surface area contributed by atoms with Gasteiger partial charge in [-0.3, -0.25) is 4.79 Å². The number of hydrogen-bond donors (Lipinski definition) is 3. The van der Waals surface area contributed by atoms with Crippen molar-refractivity contribution in [2.45, 2.75) is 12.6 Å². The van der Waals surface area contributed by atoms with Gasteiger partial charge in [0.25, 0.3) is 0 Å². The molecule has 1 aromatic carbocycles. The van der Waals surface area contributed by atoms with Crippen LogP contribution in [-0.2, 0) is 11.2 Å². The largest absolute Gasteiger partial charge is 0.478 e. The van der Waals surface area contributed by atoms with E-state index in [1.807, 2.05) is 5.32 Å². The van der Waals surface area contributed by atoms with Gasteiger partial charge in [0.2, 0.25) is 5.91 Å². The maximum Gasteiger partial charge on any atom is 0.401 e. The van der Waals surface area contributed by atoms with E-state index in [0.29, 0.717) is 6.42 Å². The lowest BCUT2D eigenvalue weighted by Crippen LogP contribution is -2.38. The number of halogens is 3. The lowest BCUT2D eigenvalue weighted by atomic mass is 10.1. The lowest BCUT2D eigenvalue weighted by Gasteiger charge is -2.09. The summed E-state index contributed by atoms with van der Waals surface area (Å²) in [7, 11) is 0. The number of nitrogens with one attached hydrogen (secondary N) is 2. The highest BCUT2D eigenvalue weighted by Gasteiger charge is 2.26. The summed E-state index contributed by atoms with van der Waals surface area (Å²) >= 11 is 0. The number of carbonyl (C=O) groups is 2. The van der Waals surface area contributed by atoms with Crippen molar-refractivity contribution in [2.75, 3.05) is 19.6 Å². The van der Waals surface area contributed by atoms with Gasteiger partial charge in [-0.2, -0.15) is 13.2 Å². The van der Waals surface area contributed by atoms with Crippen LogP contribution in [0.15, 0.2) is 24.3 Å². The first-order valence-electron chi connectivity index (χ1n) is 6.14. The third-order valence-corrected chi connectivity index (χ3v) is 2.55. The molecule has 116 valence electrons. The van der Waals surface area contributed by atoms with Crippen LogP contribution in [-0.4, -0.2) is 42.8 Å². The van der Waals surface area contributed by atoms with Crippen molar-refractivity contribution in [1.82, 2.24) is 10.6 Å². The Morgan fingerprint density at radius 3 is 2.29 bits per heavy atom. The molecule has 0 spiro atoms. The van der Waals surface area contributed by atoms with Crippen LogP contribution in [0.4, 0.5) is 13.2 Å². The van der Waals surface area contributed by atoms with E-state index in [9.17, 15) is 22.8 Å². The fraction of sp³-hybridized carbons (Fsp3) is 0.385. The zero-order chi connectivity index (χ0) is 15.9. The fourth-order valence-corrected chi connectivity index (χ4v) is 1.54. The second kappa shape index (κ2) is 7.63. The number of alkyl halides is 3. The monoisotopic (exact) mass is 304 g/mol. The molecule has 5 nitrogen and oxygen atoms in total. The zero-order valence-electron chi connectivity index (χ0n) is 11.0. The Labute approximate surface area is 119 Å². The van der Waals surface area contributed by atoms with Crippen LogP contribution in [0.1, 0.15) is 15.9 Å². The number of amides is 1. The van der Waals surface area contributed by atoms with E-state index in [4.69, 9.17) is 5.11 Å². The van der Waals surface area contributed by atoms with Gasteiger partial charge in [0.15, 0.2) is 0 Å². The Hall–Kier alpha value is -2.09. The number of carboxylic acid groups (broad SMARTS) is 1. The van der Waals surface area contributed by atoms with Crippen LogP contribution in [0, 0.1) is 0 Å². The van der Waals surface area contributed by atoms with Crippen molar-refractivity contribution >= 4 is 11.9 Å². The van der Waals surface area contributed by atoms with Gasteiger partial charge in [0.1, 0.15) is 0 Å². The highest BCUT2D eigenvalue weighted by molar-refractivity contribution is 5.87. The number of aromatic carboxylic acids is 1. The van der Waals surface area contributed by atoms with Crippen molar-refractivity contribution in [2.24, 2.45) is 0 Å². The summed E-state index contributed by atoms with van der Waals surface area (Å²) in [5, 5.41) is 13.2. The van der Waals surface area contributed by atoms with Crippen molar-refractivity contribution in [1.29, 1.82) is 0 Å². The first-order valence-corrected chi connectivity index (χ1v) is 6.14. The van der Waals surface area contributed by atoms with E-state index >= 15 is 0 Å². The molecule has 8 heteroatoms. The quantitative estimate of drug-likeness (QED) is 0.707. The number of rotatable bonds is 7. The lowest BCUT2D eigenvalue weighted by molar-refractivity contribution is -0.128. The van der Waals surface area contributed by atoms with Crippen LogP contribution in [0.2, 0.25) is 0 Å². The topological polar surface area (TPSA) is 78.4 Å². The smallest absolute Gasteiger partial charge is 0.401 e. The zero-order valence-corrected chi connectivity index (χ0v) is 11.0. The number of carbonyl (C=O) groups excluding carboxylic acids is 1. The molecule has 0 unspecified atom stereocenters. The minimum absolute atomic E-state index is 0.166. The first-order chi connectivity index (χ1) is 9.78. The number of carboxylic acids is 1. The summed E-state index contributed by atoms with van der Waals surface area (Å²) in [6, 6.07) is 6.14. The van der Waals surface area contributed by atoms with Crippen LogP contribution < -0.4 is 10.6 Å². The molecular weight excluding hydrogens is 289 g/mol. The van der Waals surface area contributed by atoms with Gasteiger partial charge in [0.05, 0.1) is 18.7 Å². The van der Waals surface area contributed by atoms with Gasteiger partial charge < -0.3 is 15.7 Å². The molecule has 0 saturated carbocycles. The molecular formula is C13H15F3N2O3. The van der Waals surface area contributed by atoms with E-state index in [1.54, 1.807) is 12.1 Å². The molecule has 0 aliphatic heterocycles. The molecule has 0 aliphatic rings. The Kier molecular flexibility index (Phi) is 6.16. The Balaban J connectivity index is 2.24. The molecule has 1 aromatic rings. The molecule has 1 amide bonds. The summed E-state index contributed by atoms with van der Waals surface area (Å²) in [6.45, 7) is -1.35. The van der Waals surface area contributed by atoms with E-state index in [-0.39, 0.29) is 12.1 Å². The van der Waals surface area contributed by atoms with E-state index < -0.39 is 31.1 Å². The van der Waals surface area contributed by atoms with Crippen LogP contribution in [0.3, 0.4) is 0 Å². The molecule has 21 heavy (non-hydrogen) atoms. The van der Waals surface area contributed by atoms with Crippen LogP contribution in [0.5, 0.6) is 0 Å². The van der Waals surface area contributed by atoms with Crippen molar-refractivity contribution in [3.63, 3.8) is 0 Å². The Morgan fingerprint density at radius 2 is 1.76 bits per heavy atom. The van der Waals surface area contributed by atoms with Crippen molar-refractivity contribution in [3.05, 3.63) is 35.4 Å². The van der Waals surface area contributed by atoms with Gasteiger partial charge in [-0.1, -0.05) is 12.1 Å². The third-order valence-electron chi connectivity index (χ3n) is 2.55. The summed E-state index contributed by atoms with van der Waals surface area (Å²) in [4.78, 5) is 21.9. The summed E-state index contributed by atoms with van der Waals surface area (Å²) in [5.74, 6) is -1.55. The van der Waals surface area contributed by atoms with Crippen LogP contribution in [0.25, 0.3) is 0 Å². The first kappa shape index (κ1) is 17.0. The molecule has 0 bridgehead atoms. The van der Waals surface area contributed by atoms with Gasteiger partial charge in [-0.05, 0) is 24.1 Å². The van der Waals surface area contributed by atoms with Crippen molar-refractivity contribution in [3.8, 4) is 0 Å².